The van der Waals surface area contributed by atoms with Gasteiger partial charge in [-0.3, -0.25) is 14.6 Å². The van der Waals surface area contributed by atoms with E-state index in [2.05, 4.69) is 25.8 Å². The van der Waals surface area contributed by atoms with Crippen molar-refractivity contribution >= 4 is 34.3 Å². The van der Waals surface area contributed by atoms with Gasteiger partial charge in [0.25, 0.3) is 17.5 Å². The van der Waals surface area contributed by atoms with Gasteiger partial charge in [-0.05, 0) is 55.5 Å². The smallest absolute Gasteiger partial charge is 0.274 e. The number of anilines is 2. The molecule has 2 N–H and O–H groups in total. The summed E-state index contributed by atoms with van der Waals surface area (Å²) in [6, 6.07) is 13.4. The number of hydrogen-bond acceptors (Lipinski definition) is 7. The van der Waals surface area contributed by atoms with Crippen molar-refractivity contribution in [3.05, 3.63) is 89.8 Å². The van der Waals surface area contributed by atoms with E-state index in [1.807, 2.05) is 0 Å². The lowest BCUT2D eigenvalue weighted by atomic mass is 10.1. The van der Waals surface area contributed by atoms with Gasteiger partial charge in [0.1, 0.15) is 17.2 Å². The molecular formula is C24H16FN5O4. The minimum Gasteiger partial charge on any atom is -0.463 e. The molecule has 0 aliphatic heterocycles. The van der Waals surface area contributed by atoms with Crippen molar-refractivity contribution in [3.63, 3.8) is 0 Å². The fraction of sp³-hybridized carbons (Fsp3) is 0.0417. The maximum absolute atomic E-state index is 14.1. The number of nitrogens with one attached hydrogen (secondary N) is 2. The molecule has 4 heterocycles. The van der Waals surface area contributed by atoms with Crippen LogP contribution in [0, 0.1) is 12.7 Å². The number of aromatic nitrogens is 3. The van der Waals surface area contributed by atoms with Crippen molar-refractivity contribution in [3.8, 4) is 11.5 Å². The molecule has 0 saturated carbocycles. The quantitative estimate of drug-likeness (QED) is 0.387. The molecule has 0 aliphatic carbocycles. The van der Waals surface area contributed by atoms with Crippen molar-refractivity contribution in [1.82, 2.24) is 15.1 Å². The fourth-order valence-electron chi connectivity index (χ4n) is 3.43. The lowest BCUT2D eigenvalue weighted by Crippen LogP contribution is -2.18. The minimum absolute atomic E-state index is 0.0629. The number of furan rings is 1. The van der Waals surface area contributed by atoms with Crippen molar-refractivity contribution in [2.45, 2.75) is 6.92 Å². The van der Waals surface area contributed by atoms with E-state index in [1.165, 1.54) is 36.7 Å². The predicted octanol–water partition coefficient (Wildman–Crippen LogP) is 4.83. The summed E-state index contributed by atoms with van der Waals surface area (Å²) in [6.07, 6.45) is 2.96. The molecule has 0 atom stereocenters. The molecular weight excluding hydrogens is 441 g/mol. The van der Waals surface area contributed by atoms with E-state index in [1.54, 1.807) is 31.2 Å². The first-order valence-corrected chi connectivity index (χ1v) is 10.1. The molecule has 0 saturated heterocycles. The van der Waals surface area contributed by atoms with Crippen LogP contribution in [0.5, 0.6) is 0 Å². The maximum atomic E-state index is 14.1. The zero-order valence-electron chi connectivity index (χ0n) is 17.7. The van der Waals surface area contributed by atoms with Crippen LogP contribution < -0.4 is 10.6 Å². The molecule has 4 aromatic heterocycles. The Kier molecular flexibility index (Phi) is 5.30. The van der Waals surface area contributed by atoms with Crippen LogP contribution in [0.15, 0.2) is 76.0 Å². The number of pyridine rings is 2. The summed E-state index contributed by atoms with van der Waals surface area (Å²) in [5.74, 6) is -1.25. The van der Waals surface area contributed by atoms with E-state index in [-0.39, 0.29) is 28.3 Å². The summed E-state index contributed by atoms with van der Waals surface area (Å²) < 4.78 is 24.7. The van der Waals surface area contributed by atoms with Crippen LogP contribution in [0.25, 0.3) is 22.6 Å². The first-order valence-electron chi connectivity index (χ1n) is 10.1. The number of hydrogen-bond donors (Lipinski definition) is 2. The van der Waals surface area contributed by atoms with Crippen LogP contribution in [0.3, 0.4) is 0 Å². The molecule has 5 aromatic rings. The molecule has 0 radical (unpaired) electrons. The summed E-state index contributed by atoms with van der Waals surface area (Å²) in [7, 11) is 0. The normalized spacial score (nSPS) is 10.9. The van der Waals surface area contributed by atoms with E-state index in [0.29, 0.717) is 22.5 Å². The van der Waals surface area contributed by atoms with Crippen LogP contribution >= 0.6 is 0 Å². The Balaban J connectivity index is 1.51. The first-order chi connectivity index (χ1) is 16.5. The van der Waals surface area contributed by atoms with Gasteiger partial charge >= 0.3 is 0 Å². The summed E-state index contributed by atoms with van der Waals surface area (Å²) in [4.78, 5) is 34.2. The molecule has 0 unspecified atom stereocenters. The third-order valence-corrected chi connectivity index (χ3v) is 5.01. The predicted molar refractivity (Wildman–Crippen MR) is 121 cm³/mol. The molecule has 5 rings (SSSR count). The Morgan fingerprint density at radius 1 is 0.971 bits per heavy atom. The summed E-state index contributed by atoms with van der Waals surface area (Å²) >= 11 is 0. The number of benzene rings is 1. The minimum atomic E-state index is -0.594. The highest BCUT2D eigenvalue weighted by atomic mass is 19.1. The van der Waals surface area contributed by atoms with E-state index >= 15 is 0 Å². The molecule has 0 bridgehead atoms. The van der Waals surface area contributed by atoms with Crippen LogP contribution in [0.1, 0.15) is 26.5 Å². The summed E-state index contributed by atoms with van der Waals surface area (Å²) in [5.41, 5.74) is 1.60. The zero-order chi connectivity index (χ0) is 23.7. The molecule has 10 heteroatoms. The van der Waals surface area contributed by atoms with Crippen molar-refractivity contribution in [1.29, 1.82) is 0 Å². The number of aryl methyl sites for hydroxylation is 1. The molecule has 34 heavy (non-hydrogen) atoms. The third-order valence-electron chi connectivity index (χ3n) is 5.01. The lowest BCUT2D eigenvalue weighted by molar-refractivity contribution is 0.101. The monoisotopic (exact) mass is 457 g/mol. The Hall–Kier alpha value is -4.86. The Morgan fingerprint density at radius 3 is 2.59 bits per heavy atom. The third kappa shape index (κ3) is 3.99. The highest BCUT2D eigenvalue weighted by Gasteiger charge is 2.21. The molecule has 9 nitrogen and oxygen atoms in total. The number of nitrogens with zero attached hydrogens (tertiary/aromatic N) is 3. The molecule has 0 aliphatic rings. The van der Waals surface area contributed by atoms with E-state index in [4.69, 9.17) is 8.94 Å². The molecule has 1 aromatic carbocycles. The Morgan fingerprint density at radius 2 is 1.82 bits per heavy atom. The van der Waals surface area contributed by atoms with Gasteiger partial charge in [0.15, 0.2) is 5.76 Å². The largest absolute Gasteiger partial charge is 0.463 e. The van der Waals surface area contributed by atoms with Gasteiger partial charge in [0, 0.05) is 6.20 Å². The van der Waals surface area contributed by atoms with Gasteiger partial charge in [-0.25, -0.2) is 9.37 Å². The highest BCUT2D eigenvalue weighted by Crippen LogP contribution is 2.29. The van der Waals surface area contributed by atoms with Crippen molar-refractivity contribution in [2.75, 3.05) is 10.6 Å². The van der Waals surface area contributed by atoms with Gasteiger partial charge < -0.3 is 19.6 Å². The maximum Gasteiger partial charge on any atom is 0.274 e. The van der Waals surface area contributed by atoms with Gasteiger partial charge in [-0.15, -0.1) is 0 Å². The average Bonchev–Trinajstić information content (AvgIpc) is 3.51. The Bertz CT molecular complexity index is 1510. The SMILES string of the molecule is Cc1noc2nc(-c3ccco3)cc(C(=O)Nc3cc(F)ccc3NC(=O)c3ccccn3)c12. The number of carbonyl (C=O) groups is 2. The van der Waals surface area contributed by atoms with E-state index in [9.17, 15) is 14.0 Å². The molecule has 168 valence electrons. The Labute approximate surface area is 191 Å². The number of carbonyl (C=O) groups excluding carboxylic acids is 2. The number of halogens is 1. The molecule has 2 amide bonds. The lowest BCUT2D eigenvalue weighted by Gasteiger charge is -2.13. The molecule has 0 fully saturated rings. The van der Waals surface area contributed by atoms with Gasteiger partial charge in [0.05, 0.1) is 34.3 Å². The van der Waals surface area contributed by atoms with E-state index in [0.717, 1.165) is 6.07 Å². The van der Waals surface area contributed by atoms with Gasteiger partial charge in [-0.1, -0.05) is 11.2 Å². The van der Waals surface area contributed by atoms with Crippen LogP contribution in [-0.4, -0.2) is 26.9 Å². The standard InChI is InChI=1S/C24H16FN5O4/c1-13-21-15(12-19(20-6-4-10-33-20)29-24(21)34-30-13)22(31)28-18-11-14(25)7-8-16(18)27-23(32)17-5-2-3-9-26-17/h2-12H,1H3,(H,27,32)(H,28,31). The van der Waals surface area contributed by atoms with E-state index < -0.39 is 17.6 Å². The summed E-state index contributed by atoms with van der Waals surface area (Å²) in [5, 5.41) is 9.62. The van der Waals surface area contributed by atoms with Gasteiger partial charge in [-0.2, -0.15) is 0 Å². The number of amides is 2. The van der Waals surface area contributed by atoms with Crippen molar-refractivity contribution < 1.29 is 22.9 Å². The fourth-order valence-corrected chi connectivity index (χ4v) is 3.43. The first kappa shape index (κ1) is 21.0. The number of fused-ring (bicyclic) bond motifs is 1. The topological polar surface area (TPSA) is 123 Å². The van der Waals surface area contributed by atoms with Crippen LogP contribution in [0.2, 0.25) is 0 Å². The zero-order valence-corrected chi connectivity index (χ0v) is 17.7. The second-order valence-electron chi connectivity index (χ2n) is 7.29. The van der Waals surface area contributed by atoms with Gasteiger partial charge in [0.2, 0.25) is 0 Å². The molecule has 0 spiro atoms. The van der Waals surface area contributed by atoms with Crippen LogP contribution in [-0.2, 0) is 0 Å². The van der Waals surface area contributed by atoms with Crippen LogP contribution in [0.4, 0.5) is 15.8 Å². The highest BCUT2D eigenvalue weighted by molar-refractivity contribution is 6.14. The van der Waals surface area contributed by atoms with Crippen molar-refractivity contribution in [2.24, 2.45) is 0 Å². The second-order valence-corrected chi connectivity index (χ2v) is 7.29. The second kappa shape index (κ2) is 8.58. The number of rotatable bonds is 5. The average molecular weight is 457 g/mol. The summed E-state index contributed by atoms with van der Waals surface area (Å²) in [6.45, 7) is 1.68.